The summed E-state index contributed by atoms with van der Waals surface area (Å²) in [4.78, 5) is 20.0. The number of ketones is 1. The van der Waals surface area contributed by atoms with Gasteiger partial charge in [-0.3, -0.25) is 4.79 Å². The van der Waals surface area contributed by atoms with Crippen LogP contribution in [-0.2, 0) is 6.42 Å². The molecule has 1 aliphatic rings. The Labute approximate surface area is 94.2 Å². The highest BCUT2D eigenvalue weighted by Gasteiger charge is 2.22. The van der Waals surface area contributed by atoms with Gasteiger partial charge in [-0.2, -0.15) is 0 Å². The van der Waals surface area contributed by atoms with Gasteiger partial charge in [-0.25, -0.2) is 15.0 Å². The number of nitrogens with zero attached hydrogens (tertiary/aromatic N) is 3. The lowest BCUT2D eigenvalue weighted by molar-refractivity contribution is 0.102. The average Bonchev–Trinajstić information content (AvgIpc) is 2.28. The predicted molar refractivity (Wildman–Crippen MR) is 59.6 cm³/mol. The van der Waals surface area contributed by atoms with Crippen molar-refractivity contribution in [3.05, 3.63) is 35.6 Å². The van der Waals surface area contributed by atoms with Crippen molar-refractivity contribution in [2.24, 2.45) is 0 Å². The fourth-order valence-corrected chi connectivity index (χ4v) is 1.63. The highest BCUT2D eigenvalue weighted by Crippen LogP contribution is 2.21. The minimum atomic E-state index is 0.0243. The summed E-state index contributed by atoms with van der Waals surface area (Å²) in [6.45, 7) is 0. The van der Waals surface area contributed by atoms with Gasteiger partial charge in [-0.1, -0.05) is 0 Å². The molecule has 1 aliphatic carbocycles. The van der Waals surface area contributed by atoms with Crippen molar-refractivity contribution in [1.29, 1.82) is 0 Å². The van der Waals surface area contributed by atoms with E-state index in [4.69, 9.17) is 0 Å². The zero-order valence-corrected chi connectivity index (χ0v) is 9.40. The lowest BCUT2D eigenvalue weighted by atomic mass is 9.92. The second-order valence-corrected chi connectivity index (χ2v) is 3.91. The van der Waals surface area contributed by atoms with Crippen LogP contribution in [0.2, 0.25) is 0 Å². The van der Waals surface area contributed by atoms with Crippen LogP contribution in [0.4, 0.5) is 0 Å². The number of carbonyl (C=O) groups excluding carboxylic acids is 1. The predicted octanol–water partition coefficient (Wildman–Crippen LogP) is 0.556. The van der Waals surface area contributed by atoms with E-state index in [0.717, 1.165) is 24.1 Å². The van der Waals surface area contributed by atoms with Crippen molar-refractivity contribution in [1.82, 2.24) is 20.4 Å². The van der Waals surface area contributed by atoms with Gasteiger partial charge in [0.15, 0.2) is 5.78 Å². The monoisotopic (exact) mass is 218 g/mol. The Bertz CT molecular complexity index is 439. The molecular weight excluding hydrogens is 204 g/mol. The van der Waals surface area contributed by atoms with Crippen LogP contribution in [0.15, 0.2) is 24.3 Å². The van der Waals surface area contributed by atoms with E-state index in [1.54, 1.807) is 17.4 Å². The molecule has 0 aromatic carbocycles. The summed E-state index contributed by atoms with van der Waals surface area (Å²) < 4.78 is 0. The van der Waals surface area contributed by atoms with Crippen LogP contribution < -0.4 is 5.43 Å². The van der Waals surface area contributed by atoms with Gasteiger partial charge in [-0.05, 0) is 12.8 Å². The number of hydrogen-bond donors (Lipinski definition) is 1. The third-order valence-electron chi connectivity index (χ3n) is 2.46. The normalized spacial score (nSPS) is 17.7. The minimum absolute atomic E-state index is 0.0243. The number of fused-ring (bicyclic) bond motifs is 1. The Morgan fingerprint density at radius 3 is 3.00 bits per heavy atom. The molecule has 0 unspecified atom stereocenters. The Hall–Kier alpha value is -1.75. The van der Waals surface area contributed by atoms with Gasteiger partial charge in [0.1, 0.15) is 6.33 Å². The third kappa shape index (κ3) is 2.09. The van der Waals surface area contributed by atoms with Crippen LogP contribution in [0.1, 0.15) is 22.5 Å². The molecule has 0 saturated heterocycles. The van der Waals surface area contributed by atoms with Crippen molar-refractivity contribution < 1.29 is 4.79 Å². The van der Waals surface area contributed by atoms with E-state index in [1.807, 2.05) is 14.1 Å². The standard InChI is InChI=1S/C11H14N4O/c1-15(2)14-5-8-3-4-10-9(11(8)16)6-12-7-13-10/h5-7,14H,3-4H2,1-2H3. The van der Waals surface area contributed by atoms with E-state index in [9.17, 15) is 4.79 Å². The number of aromatic nitrogens is 2. The molecule has 5 nitrogen and oxygen atoms in total. The molecule has 1 N–H and O–H groups in total. The third-order valence-corrected chi connectivity index (χ3v) is 2.46. The van der Waals surface area contributed by atoms with Crippen LogP contribution in [0, 0.1) is 0 Å². The number of aryl methyl sites for hydroxylation is 1. The van der Waals surface area contributed by atoms with E-state index >= 15 is 0 Å². The zero-order valence-electron chi connectivity index (χ0n) is 9.40. The Morgan fingerprint density at radius 1 is 1.44 bits per heavy atom. The Kier molecular flexibility index (Phi) is 2.96. The van der Waals surface area contributed by atoms with Crippen molar-refractivity contribution >= 4 is 5.78 Å². The van der Waals surface area contributed by atoms with E-state index in [1.165, 1.54) is 6.33 Å². The van der Waals surface area contributed by atoms with Gasteiger partial charge < -0.3 is 5.43 Å². The molecule has 2 rings (SSSR count). The molecule has 1 heterocycles. The number of allylic oxidation sites excluding steroid dienone is 1. The minimum Gasteiger partial charge on any atom is -0.326 e. The largest absolute Gasteiger partial charge is 0.326 e. The van der Waals surface area contributed by atoms with Gasteiger partial charge in [0.05, 0.1) is 11.3 Å². The molecule has 1 aromatic rings. The zero-order chi connectivity index (χ0) is 11.5. The molecule has 0 amide bonds. The maximum Gasteiger partial charge on any atom is 0.193 e. The van der Waals surface area contributed by atoms with Crippen molar-refractivity contribution in [2.75, 3.05) is 14.1 Å². The number of hydrogen-bond acceptors (Lipinski definition) is 5. The lowest BCUT2D eigenvalue weighted by Crippen LogP contribution is -2.27. The summed E-state index contributed by atoms with van der Waals surface area (Å²) >= 11 is 0. The first-order valence-electron chi connectivity index (χ1n) is 5.14. The molecule has 0 aliphatic heterocycles. The highest BCUT2D eigenvalue weighted by atomic mass is 16.1. The Balaban J connectivity index is 2.24. The fraction of sp³-hybridized carbons (Fsp3) is 0.364. The smallest absolute Gasteiger partial charge is 0.193 e. The summed E-state index contributed by atoms with van der Waals surface area (Å²) in [6, 6.07) is 0. The molecule has 0 spiro atoms. The maximum absolute atomic E-state index is 12.0. The first-order chi connectivity index (χ1) is 7.68. The van der Waals surface area contributed by atoms with Gasteiger partial charge in [0.2, 0.25) is 0 Å². The van der Waals surface area contributed by atoms with Crippen LogP contribution in [0.3, 0.4) is 0 Å². The number of carbonyl (C=O) groups is 1. The van der Waals surface area contributed by atoms with Gasteiger partial charge in [-0.15, -0.1) is 0 Å². The summed E-state index contributed by atoms with van der Waals surface area (Å²) in [7, 11) is 3.75. The summed E-state index contributed by atoms with van der Waals surface area (Å²) in [5, 5.41) is 1.79. The van der Waals surface area contributed by atoms with Crippen molar-refractivity contribution in [3.63, 3.8) is 0 Å². The molecule has 5 heteroatoms. The van der Waals surface area contributed by atoms with Crippen LogP contribution >= 0.6 is 0 Å². The van der Waals surface area contributed by atoms with Crippen LogP contribution in [0.5, 0.6) is 0 Å². The molecule has 0 fully saturated rings. The Morgan fingerprint density at radius 2 is 2.25 bits per heavy atom. The molecule has 16 heavy (non-hydrogen) atoms. The van der Waals surface area contributed by atoms with E-state index in [0.29, 0.717) is 5.56 Å². The summed E-state index contributed by atoms with van der Waals surface area (Å²) in [6.07, 6.45) is 6.35. The van der Waals surface area contributed by atoms with Gasteiger partial charge in [0, 0.05) is 32.1 Å². The fourth-order valence-electron chi connectivity index (χ4n) is 1.63. The average molecular weight is 218 g/mol. The number of hydrazine groups is 1. The van der Waals surface area contributed by atoms with Crippen molar-refractivity contribution in [2.45, 2.75) is 12.8 Å². The number of rotatable bonds is 2. The topological polar surface area (TPSA) is 58.1 Å². The molecule has 0 atom stereocenters. The first kappa shape index (κ1) is 10.8. The summed E-state index contributed by atoms with van der Waals surface area (Å²) in [5.74, 6) is 0.0243. The first-order valence-corrected chi connectivity index (χ1v) is 5.14. The molecule has 0 radical (unpaired) electrons. The van der Waals surface area contributed by atoms with Gasteiger partial charge in [0.25, 0.3) is 0 Å². The van der Waals surface area contributed by atoms with E-state index in [-0.39, 0.29) is 5.78 Å². The molecule has 0 bridgehead atoms. The number of Topliss-reactive ketones (excluding diaryl/α,β-unsaturated/α-hetero) is 1. The second kappa shape index (κ2) is 4.40. The van der Waals surface area contributed by atoms with Crippen molar-refractivity contribution in [3.8, 4) is 0 Å². The lowest BCUT2D eigenvalue weighted by Gasteiger charge is -2.17. The summed E-state index contributed by atoms with van der Waals surface area (Å²) in [5.41, 5.74) is 5.23. The maximum atomic E-state index is 12.0. The van der Waals surface area contributed by atoms with Gasteiger partial charge >= 0.3 is 0 Å². The van der Waals surface area contributed by atoms with E-state index < -0.39 is 0 Å². The molecule has 1 aromatic heterocycles. The molecular formula is C11H14N4O. The molecule has 0 saturated carbocycles. The highest BCUT2D eigenvalue weighted by molar-refractivity contribution is 6.10. The quantitative estimate of drug-likeness (QED) is 0.580. The van der Waals surface area contributed by atoms with E-state index in [2.05, 4.69) is 15.4 Å². The SMILES string of the molecule is CN(C)NC=C1CCc2ncncc2C1=O. The second-order valence-electron chi connectivity index (χ2n) is 3.91. The van der Waals surface area contributed by atoms with Crippen LogP contribution in [-0.4, -0.2) is 34.9 Å². The number of nitrogens with one attached hydrogen (secondary N) is 1. The molecule has 84 valence electrons. The van der Waals surface area contributed by atoms with Crippen LogP contribution in [0.25, 0.3) is 0 Å².